The van der Waals surface area contributed by atoms with Crippen molar-refractivity contribution >= 4 is 17.6 Å². The van der Waals surface area contributed by atoms with Crippen molar-refractivity contribution in [2.75, 3.05) is 13.1 Å². The van der Waals surface area contributed by atoms with Crippen LogP contribution in [0.5, 0.6) is 5.75 Å². The zero-order valence-electron chi connectivity index (χ0n) is 10.1. The largest absolute Gasteiger partial charge is 0.508 e. The number of benzene rings is 1. The molecule has 2 rings (SSSR count). The van der Waals surface area contributed by atoms with Crippen molar-refractivity contribution < 1.29 is 15.0 Å². The van der Waals surface area contributed by atoms with Crippen molar-refractivity contribution in [1.82, 2.24) is 4.90 Å². The fraction of sp³-hybridized carbons (Fsp3) is 0.462. The predicted molar refractivity (Wildman–Crippen MR) is 68.7 cm³/mol. The summed E-state index contributed by atoms with van der Waals surface area (Å²) in [6, 6.07) is 5.01. The molecule has 1 aliphatic heterocycles. The fourth-order valence-electron chi connectivity index (χ4n) is 2.45. The number of likely N-dealkylation sites (tertiary alicyclic amines) is 1. The average molecular weight is 270 g/mol. The Hall–Kier alpha value is -1.26. The summed E-state index contributed by atoms with van der Waals surface area (Å²) < 4.78 is 0. The van der Waals surface area contributed by atoms with Gasteiger partial charge in [0.15, 0.2) is 0 Å². The summed E-state index contributed by atoms with van der Waals surface area (Å²) in [5.41, 5.74) is 0.664. The zero-order valence-corrected chi connectivity index (χ0v) is 10.9. The average Bonchev–Trinajstić information content (AvgIpc) is 2.65. The van der Waals surface area contributed by atoms with E-state index in [1.165, 1.54) is 0 Å². The number of aromatic hydroxyl groups is 1. The number of phenolic OH excluding ortho intramolecular Hbond substituents is 1. The lowest BCUT2D eigenvalue weighted by Crippen LogP contribution is -2.23. The van der Waals surface area contributed by atoms with Gasteiger partial charge in [-0.3, -0.25) is 9.69 Å². The van der Waals surface area contributed by atoms with Crippen LogP contribution in [0.4, 0.5) is 0 Å². The number of aliphatic carboxylic acids is 1. The van der Waals surface area contributed by atoms with Gasteiger partial charge in [-0.1, -0.05) is 24.6 Å². The highest BCUT2D eigenvalue weighted by atomic mass is 35.5. The Bertz CT molecular complexity index is 443. The maximum Gasteiger partial charge on any atom is 0.308 e. The van der Waals surface area contributed by atoms with Crippen LogP contribution in [0.3, 0.4) is 0 Å². The quantitative estimate of drug-likeness (QED) is 0.883. The molecule has 18 heavy (non-hydrogen) atoms. The van der Waals surface area contributed by atoms with Gasteiger partial charge < -0.3 is 10.2 Å². The monoisotopic (exact) mass is 269 g/mol. The summed E-state index contributed by atoms with van der Waals surface area (Å²) in [5, 5.41) is 19.4. The zero-order chi connectivity index (χ0) is 13.3. The van der Waals surface area contributed by atoms with E-state index in [9.17, 15) is 9.90 Å². The van der Waals surface area contributed by atoms with Crippen LogP contribution in [0, 0.1) is 11.8 Å². The van der Waals surface area contributed by atoms with Gasteiger partial charge in [-0.05, 0) is 18.1 Å². The second-order valence-electron chi connectivity index (χ2n) is 4.85. The number of carbonyl (C=O) groups is 1. The van der Waals surface area contributed by atoms with Gasteiger partial charge in [-0.25, -0.2) is 0 Å². The van der Waals surface area contributed by atoms with Crippen LogP contribution in [-0.2, 0) is 11.3 Å². The summed E-state index contributed by atoms with van der Waals surface area (Å²) in [7, 11) is 0. The number of carboxylic acids is 1. The molecule has 0 radical (unpaired) electrons. The third kappa shape index (κ3) is 2.60. The summed E-state index contributed by atoms with van der Waals surface area (Å²) in [4.78, 5) is 13.1. The van der Waals surface area contributed by atoms with Gasteiger partial charge in [0.05, 0.1) is 5.92 Å². The lowest BCUT2D eigenvalue weighted by Gasteiger charge is -2.17. The van der Waals surface area contributed by atoms with Crippen molar-refractivity contribution in [2.24, 2.45) is 11.8 Å². The van der Waals surface area contributed by atoms with Gasteiger partial charge in [0.1, 0.15) is 5.75 Å². The lowest BCUT2D eigenvalue weighted by atomic mass is 9.99. The molecule has 0 aliphatic carbocycles. The molecule has 2 atom stereocenters. The van der Waals surface area contributed by atoms with E-state index in [0.29, 0.717) is 30.2 Å². The molecule has 1 fully saturated rings. The Kier molecular flexibility index (Phi) is 3.78. The minimum atomic E-state index is -0.756. The van der Waals surface area contributed by atoms with E-state index in [1.807, 2.05) is 11.8 Å². The molecule has 0 spiro atoms. The molecular weight excluding hydrogens is 254 g/mol. The first kappa shape index (κ1) is 13.2. The van der Waals surface area contributed by atoms with Crippen molar-refractivity contribution in [2.45, 2.75) is 13.5 Å². The van der Waals surface area contributed by atoms with E-state index in [-0.39, 0.29) is 17.6 Å². The Balaban J connectivity index is 2.10. The first-order valence-corrected chi connectivity index (χ1v) is 6.28. The summed E-state index contributed by atoms with van der Waals surface area (Å²) >= 11 is 6.04. The van der Waals surface area contributed by atoms with Crippen LogP contribution >= 0.6 is 11.6 Å². The number of hydrogen-bond acceptors (Lipinski definition) is 3. The number of halogens is 1. The van der Waals surface area contributed by atoms with Crippen LogP contribution in [0.25, 0.3) is 0 Å². The first-order chi connectivity index (χ1) is 8.49. The number of carboxylic acid groups (broad SMARTS) is 1. The van der Waals surface area contributed by atoms with E-state index < -0.39 is 5.97 Å². The van der Waals surface area contributed by atoms with Gasteiger partial charge in [-0.15, -0.1) is 0 Å². The van der Waals surface area contributed by atoms with E-state index in [2.05, 4.69) is 0 Å². The Morgan fingerprint density at radius 1 is 1.50 bits per heavy atom. The van der Waals surface area contributed by atoms with E-state index >= 15 is 0 Å². The standard InChI is InChI=1S/C13H16ClNO3/c1-8-5-15(6-9(8)13(17)18)7-10-11(14)3-2-4-12(10)16/h2-4,8-9,16H,5-7H2,1H3,(H,17,18). The highest BCUT2D eigenvalue weighted by molar-refractivity contribution is 6.31. The third-order valence-corrected chi connectivity index (χ3v) is 3.84. The molecule has 0 aromatic heterocycles. The van der Waals surface area contributed by atoms with Crippen LogP contribution < -0.4 is 0 Å². The lowest BCUT2D eigenvalue weighted by molar-refractivity contribution is -0.142. The van der Waals surface area contributed by atoms with Gasteiger partial charge in [0.2, 0.25) is 0 Å². The number of phenols is 1. The second-order valence-corrected chi connectivity index (χ2v) is 5.26. The molecule has 4 nitrogen and oxygen atoms in total. The van der Waals surface area contributed by atoms with E-state index in [1.54, 1.807) is 18.2 Å². The Labute approximate surface area is 111 Å². The van der Waals surface area contributed by atoms with Crippen LogP contribution in [0.2, 0.25) is 5.02 Å². The minimum absolute atomic E-state index is 0.118. The Morgan fingerprint density at radius 3 is 2.78 bits per heavy atom. The van der Waals surface area contributed by atoms with Crippen LogP contribution in [0.1, 0.15) is 12.5 Å². The maximum absolute atomic E-state index is 11.0. The number of hydrogen-bond donors (Lipinski definition) is 2. The van der Waals surface area contributed by atoms with Gasteiger partial charge in [0.25, 0.3) is 0 Å². The topological polar surface area (TPSA) is 60.8 Å². The smallest absolute Gasteiger partial charge is 0.308 e. The molecule has 0 bridgehead atoms. The van der Waals surface area contributed by atoms with E-state index in [0.717, 1.165) is 0 Å². The molecule has 2 unspecified atom stereocenters. The van der Waals surface area contributed by atoms with Crippen molar-refractivity contribution in [3.05, 3.63) is 28.8 Å². The summed E-state index contributed by atoms with van der Waals surface area (Å²) in [6.45, 7) is 3.63. The molecule has 1 aromatic carbocycles. The SMILES string of the molecule is CC1CN(Cc2c(O)cccc2Cl)CC1C(=O)O. The minimum Gasteiger partial charge on any atom is -0.508 e. The molecule has 1 aliphatic rings. The maximum atomic E-state index is 11.0. The number of rotatable bonds is 3. The molecule has 2 N–H and O–H groups in total. The van der Waals surface area contributed by atoms with Crippen molar-refractivity contribution in [3.8, 4) is 5.75 Å². The fourth-order valence-corrected chi connectivity index (χ4v) is 2.67. The van der Waals surface area contributed by atoms with Gasteiger partial charge in [0, 0.05) is 30.2 Å². The molecule has 98 valence electrons. The van der Waals surface area contributed by atoms with Crippen molar-refractivity contribution in [1.29, 1.82) is 0 Å². The van der Waals surface area contributed by atoms with Crippen LogP contribution in [-0.4, -0.2) is 34.2 Å². The van der Waals surface area contributed by atoms with Gasteiger partial charge in [-0.2, -0.15) is 0 Å². The molecule has 1 heterocycles. The molecular formula is C13H16ClNO3. The number of nitrogens with zero attached hydrogens (tertiary/aromatic N) is 1. The first-order valence-electron chi connectivity index (χ1n) is 5.90. The molecule has 0 saturated carbocycles. The highest BCUT2D eigenvalue weighted by Crippen LogP contribution is 2.30. The molecule has 5 heteroatoms. The normalized spacial score (nSPS) is 24.3. The summed E-state index contributed by atoms with van der Waals surface area (Å²) in [5.74, 6) is -0.816. The highest BCUT2D eigenvalue weighted by Gasteiger charge is 2.34. The van der Waals surface area contributed by atoms with Gasteiger partial charge >= 0.3 is 5.97 Å². The van der Waals surface area contributed by atoms with Crippen LogP contribution in [0.15, 0.2) is 18.2 Å². The third-order valence-electron chi connectivity index (χ3n) is 3.48. The molecule has 0 amide bonds. The van der Waals surface area contributed by atoms with Crippen molar-refractivity contribution in [3.63, 3.8) is 0 Å². The Morgan fingerprint density at radius 2 is 2.22 bits per heavy atom. The van der Waals surface area contributed by atoms with E-state index in [4.69, 9.17) is 16.7 Å². The second kappa shape index (κ2) is 5.16. The molecule has 1 aromatic rings. The predicted octanol–water partition coefficient (Wildman–Crippen LogP) is 2.20. The molecule has 1 saturated heterocycles. The summed E-state index contributed by atoms with van der Waals surface area (Å²) in [6.07, 6.45) is 0.